The number of benzene rings is 1. The molecule has 0 N–H and O–H groups in total. The van der Waals surface area contributed by atoms with Crippen molar-refractivity contribution in [3.63, 3.8) is 0 Å². The number of ketones is 1. The summed E-state index contributed by atoms with van der Waals surface area (Å²) < 4.78 is 6.79. The number of aromatic nitrogens is 1. The number of rotatable bonds is 5. The molecule has 0 aliphatic heterocycles. The standard InChI is InChI=1S/C19H17ClN2O4S/c1-4-26-19(25)13-9-14(16(23)11-5-7-12(20)8-6-11)22-17(24)15(10-21(2)3)27-18(13)22/h5-10H,4H2,1-3H3. The minimum atomic E-state index is -0.567. The summed E-state index contributed by atoms with van der Waals surface area (Å²) in [5, 5.41) is 0.502. The van der Waals surface area contributed by atoms with Gasteiger partial charge in [-0.15, -0.1) is 11.3 Å². The van der Waals surface area contributed by atoms with Crippen molar-refractivity contribution in [2.24, 2.45) is 0 Å². The van der Waals surface area contributed by atoms with Gasteiger partial charge in [-0.05, 0) is 37.3 Å². The highest BCUT2D eigenvalue weighted by Gasteiger charge is 2.25. The third kappa shape index (κ3) is 3.61. The average Bonchev–Trinajstić information content (AvgIpc) is 3.13. The first-order valence-corrected chi connectivity index (χ1v) is 9.36. The number of halogens is 1. The summed E-state index contributed by atoms with van der Waals surface area (Å²) in [6, 6.07) is 7.78. The zero-order chi connectivity index (χ0) is 19.7. The summed E-state index contributed by atoms with van der Waals surface area (Å²) in [5.74, 6) is -0.939. The largest absolute Gasteiger partial charge is 0.462 e. The summed E-state index contributed by atoms with van der Waals surface area (Å²) >= 11 is 7.03. The van der Waals surface area contributed by atoms with Crippen LogP contribution in [0.5, 0.6) is 0 Å². The van der Waals surface area contributed by atoms with Gasteiger partial charge < -0.3 is 9.64 Å². The second-order valence-corrected chi connectivity index (χ2v) is 7.47. The van der Waals surface area contributed by atoms with E-state index in [9.17, 15) is 14.4 Å². The number of nitrogens with zero attached hydrogens (tertiary/aromatic N) is 2. The van der Waals surface area contributed by atoms with E-state index in [1.54, 1.807) is 56.4 Å². The normalized spacial score (nSPS) is 11.8. The Labute approximate surface area is 164 Å². The van der Waals surface area contributed by atoms with E-state index in [1.165, 1.54) is 10.5 Å². The molecule has 3 aromatic rings. The van der Waals surface area contributed by atoms with Crippen LogP contribution in [0, 0.1) is 0 Å². The predicted molar refractivity (Wildman–Crippen MR) is 106 cm³/mol. The van der Waals surface area contributed by atoms with Crippen molar-refractivity contribution in [2.45, 2.75) is 6.92 Å². The van der Waals surface area contributed by atoms with Crippen LogP contribution in [0.15, 0.2) is 35.1 Å². The minimum Gasteiger partial charge on any atom is -0.462 e. The van der Waals surface area contributed by atoms with Crippen LogP contribution in [0.1, 0.15) is 33.3 Å². The van der Waals surface area contributed by atoms with Crippen molar-refractivity contribution in [1.29, 1.82) is 0 Å². The molecular formula is C19H17ClN2O4S. The molecule has 3 rings (SSSR count). The van der Waals surface area contributed by atoms with Gasteiger partial charge in [0.1, 0.15) is 9.36 Å². The van der Waals surface area contributed by atoms with Gasteiger partial charge in [0.25, 0.3) is 5.56 Å². The second-order valence-electron chi connectivity index (χ2n) is 6.00. The molecule has 0 aliphatic carbocycles. The highest BCUT2D eigenvalue weighted by molar-refractivity contribution is 7.15. The molecule has 0 atom stereocenters. The van der Waals surface area contributed by atoms with E-state index in [-0.39, 0.29) is 29.2 Å². The molecule has 0 fully saturated rings. The van der Waals surface area contributed by atoms with Gasteiger partial charge in [-0.1, -0.05) is 11.6 Å². The lowest BCUT2D eigenvalue weighted by Crippen LogP contribution is -2.27. The fraction of sp³-hybridized carbons (Fsp3) is 0.211. The van der Waals surface area contributed by atoms with E-state index in [1.807, 2.05) is 0 Å². The second kappa shape index (κ2) is 7.54. The maximum Gasteiger partial charge on any atom is 0.341 e. The summed E-state index contributed by atoms with van der Waals surface area (Å²) in [6.07, 6.45) is 1.66. The predicted octanol–water partition coefficient (Wildman–Crippen LogP) is 2.44. The van der Waals surface area contributed by atoms with Crippen molar-refractivity contribution < 1.29 is 14.3 Å². The Balaban J connectivity index is 2.27. The topological polar surface area (TPSA) is 68.1 Å². The van der Waals surface area contributed by atoms with E-state index in [2.05, 4.69) is 0 Å². The molecule has 1 aromatic carbocycles. The van der Waals surface area contributed by atoms with Crippen LogP contribution < -0.4 is 10.1 Å². The number of ether oxygens (including phenoxy) is 1. The number of hydrogen-bond donors (Lipinski definition) is 0. The molecule has 140 valence electrons. The lowest BCUT2D eigenvalue weighted by molar-refractivity contribution is 0.0529. The summed E-state index contributed by atoms with van der Waals surface area (Å²) in [6.45, 7) is 1.90. The highest BCUT2D eigenvalue weighted by Crippen LogP contribution is 2.22. The monoisotopic (exact) mass is 404 g/mol. The van der Waals surface area contributed by atoms with Gasteiger partial charge in [-0.2, -0.15) is 0 Å². The molecule has 0 spiro atoms. The van der Waals surface area contributed by atoms with Crippen LogP contribution >= 0.6 is 22.9 Å². The third-order valence-corrected chi connectivity index (χ3v) is 5.13. The minimum absolute atomic E-state index is 0.120. The van der Waals surface area contributed by atoms with Crippen molar-refractivity contribution in [3.8, 4) is 0 Å². The summed E-state index contributed by atoms with van der Waals surface area (Å²) in [4.78, 5) is 40.3. The van der Waals surface area contributed by atoms with Gasteiger partial charge in [0, 0.05) is 30.9 Å². The third-order valence-electron chi connectivity index (χ3n) is 3.79. The van der Waals surface area contributed by atoms with Crippen LogP contribution in [0.3, 0.4) is 0 Å². The molecule has 6 nitrogen and oxygen atoms in total. The quantitative estimate of drug-likeness (QED) is 0.482. The Hall–Kier alpha value is -2.64. The van der Waals surface area contributed by atoms with E-state index >= 15 is 0 Å². The van der Waals surface area contributed by atoms with Gasteiger partial charge in [-0.25, -0.2) is 4.79 Å². The molecule has 0 saturated heterocycles. The van der Waals surface area contributed by atoms with Gasteiger partial charge in [0.15, 0.2) is 0 Å². The van der Waals surface area contributed by atoms with E-state index < -0.39 is 5.97 Å². The van der Waals surface area contributed by atoms with Crippen LogP contribution in [0.4, 0.5) is 0 Å². The number of hydrogen-bond acceptors (Lipinski definition) is 6. The first-order chi connectivity index (χ1) is 12.8. The zero-order valence-corrected chi connectivity index (χ0v) is 16.6. The van der Waals surface area contributed by atoms with Gasteiger partial charge in [0.2, 0.25) is 5.78 Å². The van der Waals surface area contributed by atoms with Crippen molar-refractivity contribution in [1.82, 2.24) is 9.30 Å². The van der Waals surface area contributed by atoms with Crippen molar-refractivity contribution >= 4 is 45.7 Å². The highest BCUT2D eigenvalue weighted by atomic mass is 35.5. The Kier molecular flexibility index (Phi) is 5.34. The number of thiazole rings is 1. The molecule has 0 amide bonds. The SMILES string of the molecule is CCOC(=O)c1cc(C(=O)c2ccc(Cl)cc2)n2c(=O)c(=CN(C)C)sc12. The van der Waals surface area contributed by atoms with Gasteiger partial charge in [-0.3, -0.25) is 14.0 Å². The van der Waals surface area contributed by atoms with Gasteiger partial charge in [0.05, 0.1) is 17.9 Å². The van der Waals surface area contributed by atoms with Crippen LogP contribution in [0.25, 0.3) is 11.0 Å². The van der Waals surface area contributed by atoms with Crippen LogP contribution in [0.2, 0.25) is 5.02 Å². The fourth-order valence-corrected chi connectivity index (χ4v) is 3.94. The zero-order valence-electron chi connectivity index (χ0n) is 15.0. The van der Waals surface area contributed by atoms with Crippen molar-refractivity contribution in [2.75, 3.05) is 20.7 Å². The maximum absolute atomic E-state index is 13.0. The lowest BCUT2D eigenvalue weighted by Gasteiger charge is -2.01. The average molecular weight is 405 g/mol. The number of esters is 1. The molecular weight excluding hydrogens is 388 g/mol. The first kappa shape index (κ1) is 19.1. The molecule has 27 heavy (non-hydrogen) atoms. The molecule has 0 unspecified atom stereocenters. The van der Waals surface area contributed by atoms with Crippen LogP contribution in [-0.2, 0) is 4.74 Å². The Morgan fingerprint density at radius 2 is 1.93 bits per heavy atom. The number of carbonyl (C=O) groups is 2. The van der Waals surface area contributed by atoms with E-state index in [0.29, 0.717) is 19.9 Å². The smallest absolute Gasteiger partial charge is 0.341 e. The first-order valence-electron chi connectivity index (χ1n) is 8.17. The Bertz CT molecular complexity index is 1130. The lowest BCUT2D eigenvalue weighted by atomic mass is 10.1. The molecule has 0 saturated carbocycles. The van der Waals surface area contributed by atoms with E-state index in [0.717, 1.165) is 11.3 Å². The summed E-state index contributed by atoms with van der Waals surface area (Å²) in [5.41, 5.74) is 0.346. The van der Waals surface area contributed by atoms with E-state index in [4.69, 9.17) is 16.3 Å². The molecule has 2 heterocycles. The summed E-state index contributed by atoms with van der Waals surface area (Å²) in [7, 11) is 3.58. The molecule has 0 aliphatic rings. The van der Waals surface area contributed by atoms with Crippen LogP contribution in [-0.4, -0.2) is 41.8 Å². The molecule has 0 bridgehead atoms. The number of fused-ring (bicyclic) bond motifs is 1. The maximum atomic E-state index is 13.0. The Morgan fingerprint density at radius 3 is 2.52 bits per heavy atom. The van der Waals surface area contributed by atoms with Gasteiger partial charge >= 0.3 is 5.97 Å². The number of carbonyl (C=O) groups excluding carboxylic acids is 2. The fourth-order valence-electron chi connectivity index (χ4n) is 2.64. The molecule has 2 aromatic heterocycles. The molecule has 0 radical (unpaired) electrons. The Morgan fingerprint density at radius 1 is 1.26 bits per heavy atom. The molecule has 8 heteroatoms. The van der Waals surface area contributed by atoms with Crippen molar-refractivity contribution in [3.05, 3.63) is 67.1 Å².